The third kappa shape index (κ3) is 3.70. The molecule has 0 unspecified atom stereocenters. The Bertz CT molecular complexity index is 1180. The first-order chi connectivity index (χ1) is 13.0. The molecule has 0 radical (unpaired) electrons. The van der Waals surface area contributed by atoms with E-state index in [-0.39, 0.29) is 5.56 Å². The van der Waals surface area contributed by atoms with Crippen molar-refractivity contribution >= 4 is 34.2 Å². The van der Waals surface area contributed by atoms with Crippen LogP contribution >= 0.6 is 23.2 Å². The minimum Gasteiger partial charge on any atom is -0.456 e. The molecule has 2 aromatic heterocycles. The summed E-state index contributed by atoms with van der Waals surface area (Å²) in [5.41, 5.74) is 2.54. The molecule has 0 aliphatic carbocycles. The third-order valence-corrected chi connectivity index (χ3v) is 4.84. The Morgan fingerprint density at radius 2 is 1.89 bits per heavy atom. The van der Waals surface area contributed by atoms with Gasteiger partial charge in [-0.1, -0.05) is 23.2 Å². The topological polar surface area (TPSA) is 59.9 Å². The first kappa shape index (κ1) is 17.6. The summed E-state index contributed by atoms with van der Waals surface area (Å²) in [6.45, 7) is 2.52. The molecule has 0 aliphatic heterocycles. The number of aromatic amines is 1. The summed E-state index contributed by atoms with van der Waals surface area (Å²) < 4.78 is 7.87. The molecule has 0 aliphatic rings. The minimum atomic E-state index is -0.174. The Morgan fingerprint density at radius 1 is 1.07 bits per heavy atom. The van der Waals surface area contributed by atoms with Crippen molar-refractivity contribution in [3.8, 4) is 11.5 Å². The van der Waals surface area contributed by atoms with E-state index >= 15 is 0 Å². The van der Waals surface area contributed by atoms with Gasteiger partial charge in [0.25, 0.3) is 0 Å². The van der Waals surface area contributed by atoms with Crippen LogP contribution in [-0.2, 0) is 6.54 Å². The number of rotatable bonds is 4. The van der Waals surface area contributed by atoms with Gasteiger partial charge in [-0.2, -0.15) is 0 Å². The van der Waals surface area contributed by atoms with Gasteiger partial charge in [0.15, 0.2) is 0 Å². The van der Waals surface area contributed by atoms with E-state index in [2.05, 4.69) is 14.5 Å². The molecule has 0 fully saturated rings. The summed E-state index contributed by atoms with van der Waals surface area (Å²) in [5.74, 6) is 2.05. The second kappa shape index (κ2) is 7.10. The molecule has 0 bridgehead atoms. The monoisotopic (exact) mass is 399 g/mol. The van der Waals surface area contributed by atoms with Gasteiger partial charge in [-0.3, -0.25) is 4.79 Å². The fourth-order valence-corrected chi connectivity index (χ4v) is 3.30. The highest BCUT2D eigenvalue weighted by Gasteiger charge is 2.11. The molecular weight excluding hydrogens is 385 g/mol. The average molecular weight is 400 g/mol. The molecule has 0 saturated heterocycles. The molecule has 0 amide bonds. The fraction of sp³-hybridized carbons (Fsp3) is 0.100. The van der Waals surface area contributed by atoms with Crippen LogP contribution in [0.15, 0.2) is 59.5 Å². The van der Waals surface area contributed by atoms with Crippen LogP contribution < -0.4 is 10.3 Å². The zero-order chi connectivity index (χ0) is 19.0. The van der Waals surface area contributed by atoms with Gasteiger partial charge in [-0.05, 0) is 48.9 Å². The average Bonchev–Trinajstić information content (AvgIpc) is 2.95. The predicted molar refractivity (Wildman–Crippen MR) is 107 cm³/mol. The zero-order valence-electron chi connectivity index (χ0n) is 14.4. The molecule has 2 aromatic carbocycles. The molecule has 4 aromatic rings. The molecule has 5 nitrogen and oxygen atoms in total. The van der Waals surface area contributed by atoms with Crippen LogP contribution in [0.3, 0.4) is 0 Å². The molecule has 1 N–H and O–H groups in total. The molecule has 27 heavy (non-hydrogen) atoms. The predicted octanol–water partition coefficient (Wildman–Crippen LogP) is 5.18. The Morgan fingerprint density at radius 3 is 2.67 bits per heavy atom. The van der Waals surface area contributed by atoms with Gasteiger partial charge >= 0.3 is 0 Å². The maximum atomic E-state index is 11.1. The van der Waals surface area contributed by atoms with Crippen molar-refractivity contribution in [2.24, 2.45) is 0 Å². The van der Waals surface area contributed by atoms with Gasteiger partial charge in [-0.15, -0.1) is 0 Å². The zero-order valence-corrected chi connectivity index (χ0v) is 15.9. The number of nitrogens with one attached hydrogen (secondary N) is 1. The van der Waals surface area contributed by atoms with Gasteiger partial charge in [0.05, 0.1) is 17.6 Å². The summed E-state index contributed by atoms with van der Waals surface area (Å²) in [5, 5.41) is 1.31. The lowest BCUT2D eigenvalue weighted by Crippen LogP contribution is -2.02. The van der Waals surface area contributed by atoms with E-state index in [9.17, 15) is 4.79 Å². The second-order valence-electron chi connectivity index (χ2n) is 6.12. The number of H-pyrrole nitrogens is 1. The highest BCUT2D eigenvalue weighted by atomic mass is 35.5. The number of benzene rings is 2. The number of nitrogens with zero attached hydrogens (tertiary/aromatic N) is 2. The Hall–Kier alpha value is -2.76. The second-order valence-corrected chi connectivity index (χ2v) is 6.97. The first-order valence-corrected chi connectivity index (χ1v) is 9.02. The Balaban J connectivity index is 1.67. The van der Waals surface area contributed by atoms with Gasteiger partial charge < -0.3 is 14.3 Å². The van der Waals surface area contributed by atoms with Gasteiger partial charge in [0.2, 0.25) is 5.56 Å². The molecular formula is C20H15Cl2N3O2. The lowest BCUT2D eigenvalue weighted by Gasteiger charge is -2.10. The Kier molecular flexibility index (Phi) is 4.64. The SMILES string of the molecule is Cc1nc2cc(Oc3ccc(=O)[nH]c3)ccc2n1Cc1cc(Cl)ccc1Cl. The van der Waals surface area contributed by atoms with E-state index in [1.54, 1.807) is 18.2 Å². The van der Waals surface area contributed by atoms with Crippen molar-refractivity contribution in [2.75, 3.05) is 0 Å². The number of hydrogen-bond donors (Lipinski definition) is 1. The quantitative estimate of drug-likeness (QED) is 0.514. The third-order valence-electron chi connectivity index (χ3n) is 4.24. The van der Waals surface area contributed by atoms with Gasteiger partial charge in [0, 0.05) is 28.4 Å². The minimum absolute atomic E-state index is 0.174. The summed E-state index contributed by atoms with van der Waals surface area (Å²) in [6, 6.07) is 14.2. The lowest BCUT2D eigenvalue weighted by molar-refractivity contribution is 0.480. The van der Waals surface area contributed by atoms with Crippen molar-refractivity contribution in [1.82, 2.24) is 14.5 Å². The summed E-state index contributed by atoms with van der Waals surface area (Å²) in [4.78, 5) is 18.4. The summed E-state index contributed by atoms with van der Waals surface area (Å²) in [7, 11) is 0. The van der Waals surface area contributed by atoms with Crippen molar-refractivity contribution in [3.05, 3.63) is 86.5 Å². The maximum absolute atomic E-state index is 11.1. The molecule has 4 rings (SSSR count). The smallest absolute Gasteiger partial charge is 0.248 e. The summed E-state index contributed by atoms with van der Waals surface area (Å²) in [6.07, 6.45) is 1.53. The van der Waals surface area contributed by atoms with Crippen LogP contribution in [-0.4, -0.2) is 14.5 Å². The summed E-state index contributed by atoms with van der Waals surface area (Å²) >= 11 is 12.4. The number of fused-ring (bicyclic) bond motifs is 1. The van der Waals surface area contributed by atoms with E-state index in [0.717, 1.165) is 22.4 Å². The number of aromatic nitrogens is 3. The highest BCUT2D eigenvalue weighted by molar-refractivity contribution is 6.33. The van der Waals surface area contributed by atoms with Crippen LogP contribution in [0.1, 0.15) is 11.4 Å². The Labute approximate surface area is 165 Å². The number of ether oxygens (including phenoxy) is 1. The number of aryl methyl sites for hydroxylation is 1. The standard InChI is InChI=1S/C20H15Cl2N3O2/c1-12-24-18-9-15(27-16-4-7-20(26)23-10-16)3-6-19(18)25(12)11-13-8-14(21)2-5-17(13)22/h2-10H,11H2,1H3,(H,23,26). The molecule has 0 atom stereocenters. The fourth-order valence-electron chi connectivity index (χ4n) is 2.92. The van der Waals surface area contributed by atoms with Gasteiger partial charge in [0.1, 0.15) is 17.3 Å². The van der Waals surface area contributed by atoms with Crippen molar-refractivity contribution in [3.63, 3.8) is 0 Å². The normalized spacial score (nSPS) is 11.1. The van der Waals surface area contributed by atoms with E-state index in [4.69, 9.17) is 27.9 Å². The maximum Gasteiger partial charge on any atom is 0.248 e. The van der Waals surface area contributed by atoms with Crippen LogP contribution in [0.25, 0.3) is 11.0 Å². The molecule has 0 saturated carbocycles. The number of halogens is 2. The van der Waals surface area contributed by atoms with Crippen LogP contribution in [0.5, 0.6) is 11.5 Å². The number of imidazole rings is 1. The largest absolute Gasteiger partial charge is 0.456 e. The molecule has 136 valence electrons. The highest BCUT2D eigenvalue weighted by Crippen LogP contribution is 2.28. The van der Waals surface area contributed by atoms with Crippen LogP contribution in [0, 0.1) is 6.92 Å². The van der Waals surface area contributed by atoms with E-state index in [1.807, 2.05) is 31.2 Å². The van der Waals surface area contributed by atoms with Crippen LogP contribution in [0.2, 0.25) is 10.0 Å². The van der Waals surface area contributed by atoms with Gasteiger partial charge in [-0.25, -0.2) is 4.98 Å². The molecule has 0 spiro atoms. The van der Waals surface area contributed by atoms with Crippen molar-refractivity contribution < 1.29 is 4.74 Å². The number of pyridine rings is 1. The van der Waals surface area contributed by atoms with Crippen molar-refractivity contribution in [1.29, 1.82) is 0 Å². The van der Waals surface area contributed by atoms with E-state index in [0.29, 0.717) is 28.1 Å². The van der Waals surface area contributed by atoms with Crippen molar-refractivity contribution in [2.45, 2.75) is 13.5 Å². The molecule has 2 heterocycles. The van der Waals surface area contributed by atoms with E-state index in [1.165, 1.54) is 12.3 Å². The van der Waals surface area contributed by atoms with E-state index < -0.39 is 0 Å². The molecule has 7 heteroatoms. The first-order valence-electron chi connectivity index (χ1n) is 8.27. The number of hydrogen-bond acceptors (Lipinski definition) is 3. The lowest BCUT2D eigenvalue weighted by atomic mass is 10.2. The van der Waals surface area contributed by atoms with Crippen LogP contribution in [0.4, 0.5) is 0 Å².